The maximum atomic E-state index is 9.97. The van der Waals surface area contributed by atoms with E-state index in [0.717, 1.165) is 77.7 Å². The number of ether oxygens (including phenoxy) is 2. The highest BCUT2D eigenvalue weighted by atomic mass is 16.5. The van der Waals surface area contributed by atoms with Crippen LogP contribution in [0.3, 0.4) is 0 Å². The van der Waals surface area contributed by atoms with Gasteiger partial charge in [0.25, 0.3) is 6.71 Å². The summed E-state index contributed by atoms with van der Waals surface area (Å²) in [6.45, 7) is 6.24. The van der Waals surface area contributed by atoms with Gasteiger partial charge >= 0.3 is 0 Å². The molecule has 58 heavy (non-hydrogen) atoms. The van der Waals surface area contributed by atoms with E-state index in [1.807, 2.05) is 71.3 Å². The van der Waals surface area contributed by atoms with Crippen molar-refractivity contribution in [2.75, 3.05) is 0 Å². The predicted octanol–water partition coefficient (Wildman–Crippen LogP) is 11.1. The number of nitrogens with zero attached hydrogens (tertiary/aromatic N) is 3. The Morgan fingerprint density at radius 3 is 1.98 bits per heavy atom. The number of rotatable bonds is 4. The van der Waals surface area contributed by atoms with Crippen LogP contribution in [0, 0.1) is 11.3 Å². The SMILES string of the molecule is [2H]c1c([2H])c([2H])c(-c2cc(-c3ccc4c(c3)B3c5cc(-c6ccccc6)ccc5Oc5cccc(c53)O4)nc(-n3c4ccc(C#N)cc4c4cc(C(C)(C)C)ccc43)c2)c([2H])c1[2H]. The predicted molar refractivity (Wildman–Crippen MR) is 236 cm³/mol. The molecule has 0 aliphatic carbocycles. The molecule has 6 heteroatoms. The number of hydrogen-bond donors (Lipinski definition) is 0. The number of hydrogen-bond acceptors (Lipinski definition) is 4. The molecule has 5 nitrogen and oxygen atoms in total. The van der Waals surface area contributed by atoms with Crippen LogP contribution >= 0.6 is 0 Å². The molecule has 0 unspecified atom stereocenters. The van der Waals surface area contributed by atoms with Crippen molar-refractivity contribution in [2.24, 2.45) is 0 Å². The topological polar surface area (TPSA) is 60.1 Å². The van der Waals surface area contributed by atoms with E-state index in [1.165, 1.54) is 0 Å². The van der Waals surface area contributed by atoms with Crippen molar-refractivity contribution in [2.45, 2.75) is 26.2 Å². The molecular formula is C52H36BN3O2. The van der Waals surface area contributed by atoms with Gasteiger partial charge in [-0.15, -0.1) is 0 Å². The largest absolute Gasteiger partial charge is 0.458 e. The van der Waals surface area contributed by atoms with Gasteiger partial charge in [-0.1, -0.05) is 112 Å². The number of benzene rings is 7. The molecule has 4 heterocycles. The lowest BCUT2D eigenvalue weighted by Gasteiger charge is -2.33. The molecule has 0 N–H and O–H groups in total. The van der Waals surface area contributed by atoms with E-state index in [1.54, 1.807) is 18.2 Å². The first-order valence-electron chi connectivity index (χ1n) is 21.8. The third-order valence-electron chi connectivity index (χ3n) is 11.4. The number of fused-ring (bicyclic) bond motifs is 7. The summed E-state index contributed by atoms with van der Waals surface area (Å²) in [7, 11) is 0. The molecule has 274 valence electrons. The second kappa shape index (κ2) is 12.8. The van der Waals surface area contributed by atoms with Gasteiger partial charge in [0.1, 0.15) is 28.8 Å². The van der Waals surface area contributed by atoms with E-state index in [9.17, 15) is 5.26 Å². The van der Waals surface area contributed by atoms with E-state index in [4.69, 9.17) is 21.3 Å². The van der Waals surface area contributed by atoms with E-state index in [2.05, 4.69) is 75.4 Å². The first kappa shape index (κ1) is 29.0. The Hall–Kier alpha value is -7.36. The van der Waals surface area contributed by atoms with Crippen LogP contribution in [0.2, 0.25) is 0 Å². The van der Waals surface area contributed by atoms with Crippen molar-refractivity contribution >= 4 is 44.9 Å². The Morgan fingerprint density at radius 2 is 1.28 bits per heavy atom. The van der Waals surface area contributed by atoms with Gasteiger partial charge in [0.05, 0.1) is 35.2 Å². The lowest BCUT2D eigenvalue weighted by Crippen LogP contribution is -2.57. The van der Waals surface area contributed by atoms with Crippen molar-refractivity contribution in [3.05, 3.63) is 175 Å². The van der Waals surface area contributed by atoms with E-state index >= 15 is 0 Å². The average Bonchev–Trinajstić information content (AvgIpc) is 3.63. The van der Waals surface area contributed by atoms with Crippen LogP contribution in [0.4, 0.5) is 0 Å². The molecule has 0 saturated carbocycles. The lowest BCUT2D eigenvalue weighted by atomic mass is 9.34. The zero-order valence-electron chi connectivity index (χ0n) is 36.9. The van der Waals surface area contributed by atoms with Gasteiger partial charge in [0, 0.05) is 16.2 Å². The molecule has 0 fully saturated rings. The Morgan fingerprint density at radius 1 is 0.603 bits per heavy atom. The van der Waals surface area contributed by atoms with Gasteiger partial charge in [-0.25, -0.2) is 4.98 Å². The van der Waals surface area contributed by atoms with Gasteiger partial charge in [0.2, 0.25) is 0 Å². The number of pyridine rings is 1. The fourth-order valence-electron chi connectivity index (χ4n) is 8.53. The molecule has 9 aromatic rings. The Bertz CT molecular complexity index is 3440. The van der Waals surface area contributed by atoms with E-state index in [-0.39, 0.29) is 29.8 Å². The average molecular weight is 751 g/mol. The van der Waals surface area contributed by atoms with Crippen LogP contribution < -0.4 is 25.9 Å². The molecule has 2 aliphatic heterocycles. The highest BCUT2D eigenvalue weighted by molar-refractivity contribution is 6.98. The molecule has 0 bridgehead atoms. The maximum absolute atomic E-state index is 9.97. The zero-order valence-corrected chi connectivity index (χ0v) is 31.9. The molecule has 0 amide bonds. The standard InChI is InChI=1S/C52H36BN3O2/c1-52(2,3)38-20-22-45-40(30-38)39-25-32(31-54)17-21-44(39)56(45)50-29-37(34-13-8-5-9-14-34)28-43(55-50)36-19-24-47-42(27-36)53-41-26-35(33-11-6-4-7-12-33)18-23-46(41)57-48-15-10-16-49(58-47)51(48)53/h4-30H,1-3H3/i5D,8D,9D,13D,14D. The summed E-state index contributed by atoms with van der Waals surface area (Å²) in [6.07, 6.45) is 0. The molecule has 7 aromatic carbocycles. The van der Waals surface area contributed by atoms with Crippen LogP contribution in [-0.4, -0.2) is 16.3 Å². The maximum Gasteiger partial charge on any atom is 0.260 e. The molecule has 0 radical (unpaired) electrons. The highest BCUT2D eigenvalue weighted by Gasteiger charge is 2.40. The molecule has 0 saturated heterocycles. The van der Waals surface area contributed by atoms with Crippen LogP contribution in [0.15, 0.2) is 164 Å². The second-order valence-electron chi connectivity index (χ2n) is 15.9. The smallest absolute Gasteiger partial charge is 0.260 e. The summed E-state index contributed by atoms with van der Waals surface area (Å²) in [5.74, 6) is 3.37. The molecule has 0 atom stereocenters. The summed E-state index contributed by atoms with van der Waals surface area (Å²) in [6, 6.07) is 44.3. The van der Waals surface area contributed by atoms with Gasteiger partial charge < -0.3 is 9.47 Å². The van der Waals surface area contributed by atoms with Gasteiger partial charge in [0.15, 0.2) is 0 Å². The van der Waals surface area contributed by atoms with Crippen molar-refractivity contribution in [1.82, 2.24) is 9.55 Å². The Kier molecular flexibility index (Phi) is 6.41. The summed E-state index contributed by atoms with van der Waals surface area (Å²) < 4.78 is 58.8. The van der Waals surface area contributed by atoms with Crippen molar-refractivity contribution in [1.29, 1.82) is 5.26 Å². The zero-order chi connectivity index (χ0) is 43.5. The summed E-state index contributed by atoms with van der Waals surface area (Å²) in [4.78, 5) is 5.36. The molecule has 11 rings (SSSR count). The van der Waals surface area contributed by atoms with E-state index in [0.29, 0.717) is 28.4 Å². The van der Waals surface area contributed by atoms with Crippen LogP contribution in [-0.2, 0) is 5.41 Å². The number of aromatic nitrogens is 2. The summed E-state index contributed by atoms with van der Waals surface area (Å²) in [5, 5.41) is 11.8. The molecular weight excluding hydrogens is 709 g/mol. The summed E-state index contributed by atoms with van der Waals surface area (Å²) in [5.41, 5.74) is 9.89. The third kappa shape index (κ3) is 5.43. The fraction of sp³-hybridized carbons (Fsp3) is 0.0769. The summed E-state index contributed by atoms with van der Waals surface area (Å²) >= 11 is 0. The normalized spacial score (nSPS) is 13.8. The number of nitriles is 1. The monoisotopic (exact) mass is 750 g/mol. The van der Waals surface area contributed by atoms with Gasteiger partial charge in [-0.3, -0.25) is 4.57 Å². The third-order valence-corrected chi connectivity index (χ3v) is 11.4. The Labute approximate surface area is 344 Å². The van der Waals surface area contributed by atoms with Crippen molar-refractivity contribution in [3.8, 4) is 68.4 Å². The molecule has 2 aliphatic rings. The minimum atomic E-state index is -0.463. The van der Waals surface area contributed by atoms with Crippen LogP contribution in [0.25, 0.3) is 61.1 Å². The fourth-order valence-corrected chi connectivity index (χ4v) is 8.53. The van der Waals surface area contributed by atoms with Gasteiger partial charge in [-0.05, 0) is 123 Å². The van der Waals surface area contributed by atoms with Crippen LogP contribution in [0.5, 0.6) is 23.0 Å². The second-order valence-corrected chi connectivity index (χ2v) is 15.9. The minimum absolute atomic E-state index is 0.0695. The van der Waals surface area contributed by atoms with Crippen molar-refractivity contribution < 1.29 is 16.3 Å². The lowest BCUT2D eigenvalue weighted by molar-refractivity contribution is 0.464. The highest BCUT2D eigenvalue weighted by Crippen LogP contribution is 2.39. The first-order valence-corrected chi connectivity index (χ1v) is 19.3. The van der Waals surface area contributed by atoms with Crippen LogP contribution in [0.1, 0.15) is 38.8 Å². The molecule has 2 aromatic heterocycles. The molecule has 0 spiro atoms. The Balaban J connectivity index is 1.17. The van der Waals surface area contributed by atoms with Gasteiger partial charge in [-0.2, -0.15) is 5.26 Å². The quantitative estimate of drug-likeness (QED) is 0.168. The van der Waals surface area contributed by atoms with Crippen molar-refractivity contribution in [3.63, 3.8) is 0 Å². The first-order chi connectivity index (χ1) is 30.4. The van der Waals surface area contributed by atoms with E-state index < -0.39 is 18.1 Å². The minimum Gasteiger partial charge on any atom is -0.458 e.